The molecule has 6 rings (SSSR count). The molecule has 2 aliphatic rings. The number of hydrogen-bond donors (Lipinski definition) is 3. The highest BCUT2D eigenvalue weighted by molar-refractivity contribution is 7.91. The fraction of sp³-hybridized carbons (Fsp3) is 0.185. The van der Waals surface area contributed by atoms with E-state index in [0.29, 0.717) is 48.7 Å². The number of amides is 1. The molecule has 10 heteroatoms. The van der Waals surface area contributed by atoms with E-state index in [9.17, 15) is 13.6 Å². The predicted molar refractivity (Wildman–Crippen MR) is 136 cm³/mol. The van der Waals surface area contributed by atoms with Gasteiger partial charge < -0.3 is 19.3 Å². The van der Waals surface area contributed by atoms with Crippen LogP contribution < -0.4 is 19.5 Å². The molecule has 0 bridgehead atoms. The summed E-state index contributed by atoms with van der Waals surface area (Å²) in [5, 5.41) is 4.80. The first-order chi connectivity index (χ1) is 17.9. The second-order valence-electron chi connectivity index (χ2n) is 9.06. The Bertz CT molecular complexity index is 1530. The molecule has 37 heavy (non-hydrogen) atoms. The van der Waals surface area contributed by atoms with Gasteiger partial charge in [0.25, 0.3) is 0 Å². The normalized spacial score (nSPS) is 16.5. The molecule has 1 amide bonds. The standard InChI is InChI=1S/C27H21F2N3O4S/c28-27(29)35-21-9-8-19(14-22(21)36-27)26(10-11-26)25(33)32-23-13-17-5-1-2-7-20(17)24(31-23)18-6-3-4-16(12-18)15-30-37-34/h1-9,12-14,30,34H,10-11,15H2,(H,31,32,33). The van der Waals surface area contributed by atoms with Crippen molar-refractivity contribution in [2.75, 3.05) is 5.32 Å². The largest absolute Gasteiger partial charge is 0.586 e. The number of rotatable bonds is 7. The van der Waals surface area contributed by atoms with Gasteiger partial charge in [-0.15, -0.1) is 8.78 Å². The van der Waals surface area contributed by atoms with Crippen LogP contribution in [-0.2, 0) is 16.8 Å². The van der Waals surface area contributed by atoms with Crippen LogP contribution in [0.1, 0.15) is 24.0 Å². The van der Waals surface area contributed by atoms with Crippen LogP contribution in [0.2, 0.25) is 0 Å². The zero-order valence-corrected chi connectivity index (χ0v) is 20.1. The van der Waals surface area contributed by atoms with Gasteiger partial charge in [0.05, 0.1) is 23.3 Å². The number of ether oxygens (including phenoxy) is 2. The van der Waals surface area contributed by atoms with E-state index in [1.807, 2.05) is 54.6 Å². The minimum absolute atomic E-state index is 0.0548. The van der Waals surface area contributed by atoms with Crippen molar-refractivity contribution in [1.29, 1.82) is 0 Å². The molecule has 4 aromatic rings. The van der Waals surface area contributed by atoms with Crippen LogP contribution in [-0.4, -0.2) is 21.7 Å². The third kappa shape index (κ3) is 4.48. The van der Waals surface area contributed by atoms with Gasteiger partial charge in [0.2, 0.25) is 5.91 Å². The van der Waals surface area contributed by atoms with Crippen LogP contribution >= 0.6 is 12.2 Å². The van der Waals surface area contributed by atoms with Crippen molar-refractivity contribution < 1.29 is 27.6 Å². The molecule has 1 aliphatic heterocycles. The lowest BCUT2D eigenvalue weighted by Gasteiger charge is -2.17. The molecule has 3 aromatic carbocycles. The summed E-state index contributed by atoms with van der Waals surface area (Å²) in [5.74, 6) is -0.000981. The van der Waals surface area contributed by atoms with Gasteiger partial charge in [-0.05, 0) is 53.6 Å². The van der Waals surface area contributed by atoms with Crippen molar-refractivity contribution in [2.24, 2.45) is 0 Å². The summed E-state index contributed by atoms with van der Waals surface area (Å²) >= 11 is 0.558. The topological polar surface area (TPSA) is 92.7 Å². The highest BCUT2D eigenvalue weighted by atomic mass is 32.2. The first-order valence-corrected chi connectivity index (χ1v) is 12.4. The zero-order chi connectivity index (χ0) is 25.6. The molecule has 188 valence electrons. The van der Waals surface area contributed by atoms with Gasteiger partial charge in [-0.25, -0.2) is 9.71 Å². The van der Waals surface area contributed by atoms with Gasteiger partial charge in [-0.2, -0.15) is 0 Å². The van der Waals surface area contributed by atoms with E-state index in [-0.39, 0.29) is 17.4 Å². The molecule has 0 saturated heterocycles. The number of fused-ring (bicyclic) bond motifs is 2. The third-order valence-corrected chi connectivity index (χ3v) is 6.94. The minimum Gasteiger partial charge on any atom is -0.395 e. The number of alkyl halides is 2. The predicted octanol–water partition coefficient (Wildman–Crippen LogP) is 6.10. The summed E-state index contributed by atoms with van der Waals surface area (Å²) in [4.78, 5) is 18.3. The quantitative estimate of drug-likeness (QED) is 0.200. The summed E-state index contributed by atoms with van der Waals surface area (Å²) in [6.45, 7) is 0.466. The van der Waals surface area contributed by atoms with E-state index >= 15 is 0 Å². The number of halogens is 2. The molecule has 2 heterocycles. The molecule has 1 aliphatic carbocycles. The van der Waals surface area contributed by atoms with Crippen LogP contribution in [0.4, 0.5) is 14.6 Å². The molecule has 0 spiro atoms. The molecule has 0 unspecified atom stereocenters. The number of carbonyl (C=O) groups excluding carboxylic acids is 1. The van der Waals surface area contributed by atoms with Gasteiger partial charge in [0.15, 0.2) is 11.5 Å². The molecule has 3 N–H and O–H groups in total. The van der Waals surface area contributed by atoms with E-state index in [4.69, 9.17) is 9.54 Å². The van der Waals surface area contributed by atoms with Crippen LogP contribution in [0.5, 0.6) is 11.5 Å². The maximum Gasteiger partial charge on any atom is 0.586 e. The van der Waals surface area contributed by atoms with Gasteiger partial charge in [0.1, 0.15) is 5.82 Å². The van der Waals surface area contributed by atoms with Gasteiger partial charge in [-0.3, -0.25) is 4.79 Å². The molecule has 7 nitrogen and oxygen atoms in total. The Labute approximate surface area is 215 Å². The SMILES string of the molecule is O=C(Nc1cc2ccccc2c(-c2cccc(CNSO)c2)n1)C1(c2ccc3c(c2)OC(F)(F)O3)CC1. The number of aromatic nitrogens is 1. The minimum atomic E-state index is -3.71. The number of carbonyl (C=O) groups is 1. The van der Waals surface area contributed by atoms with E-state index in [2.05, 4.69) is 19.5 Å². The molecule has 0 atom stereocenters. The maximum absolute atomic E-state index is 13.5. The molecule has 1 saturated carbocycles. The van der Waals surface area contributed by atoms with Gasteiger partial charge >= 0.3 is 6.29 Å². The second-order valence-corrected chi connectivity index (χ2v) is 9.53. The van der Waals surface area contributed by atoms with Crippen molar-refractivity contribution in [1.82, 2.24) is 9.71 Å². The maximum atomic E-state index is 13.5. The van der Waals surface area contributed by atoms with Crippen molar-refractivity contribution in [3.8, 4) is 22.8 Å². The highest BCUT2D eigenvalue weighted by Gasteiger charge is 2.53. The van der Waals surface area contributed by atoms with Crippen LogP contribution in [0, 0.1) is 0 Å². The number of benzene rings is 3. The van der Waals surface area contributed by atoms with E-state index in [0.717, 1.165) is 21.9 Å². The van der Waals surface area contributed by atoms with Gasteiger partial charge in [-0.1, -0.05) is 48.5 Å². The van der Waals surface area contributed by atoms with Crippen molar-refractivity contribution in [3.63, 3.8) is 0 Å². The number of hydrogen-bond acceptors (Lipinski definition) is 7. The first kappa shape index (κ1) is 23.7. The lowest BCUT2D eigenvalue weighted by Crippen LogP contribution is -2.28. The van der Waals surface area contributed by atoms with Crippen LogP contribution in [0.15, 0.2) is 72.8 Å². The van der Waals surface area contributed by atoms with E-state index < -0.39 is 11.7 Å². The lowest BCUT2D eigenvalue weighted by atomic mass is 9.94. The third-order valence-electron chi connectivity index (χ3n) is 6.66. The Morgan fingerprint density at radius 2 is 1.81 bits per heavy atom. The summed E-state index contributed by atoms with van der Waals surface area (Å²) in [5.41, 5.74) is 2.28. The first-order valence-electron chi connectivity index (χ1n) is 11.6. The number of anilines is 1. The van der Waals surface area contributed by atoms with Crippen molar-refractivity contribution in [2.45, 2.75) is 31.1 Å². The number of nitrogens with zero attached hydrogens (tertiary/aromatic N) is 1. The monoisotopic (exact) mass is 521 g/mol. The second kappa shape index (κ2) is 8.98. The fourth-order valence-electron chi connectivity index (χ4n) is 4.68. The summed E-state index contributed by atoms with van der Waals surface area (Å²) < 4.78 is 47.8. The van der Waals surface area contributed by atoms with Gasteiger partial charge in [0, 0.05) is 17.5 Å². The molecule has 0 radical (unpaired) electrons. The summed E-state index contributed by atoms with van der Waals surface area (Å²) in [6.07, 6.45) is -2.56. The van der Waals surface area contributed by atoms with Crippen molar-refractivity contribution >= 4 is 34.7 Å². The van der Waals surface area contributed by atoms with Crippen LogP contribution in [0.25, 0.3) is 22.0 Å². The Morgan fingerprint density at radius 1 is 1.00 bits per heavy atom. The van der Waals surface area contributed by atoms with E-state index in [1.165, 1.54) is 12.1 Å². The molecular formula is C27H21F2N3O4S. The zero-order valence-electron chi connectivity index (χ0n) is 19.3. The van der Waals surface area contributed by atoms with Crippen LogP contribution in [0.3, 0.4) is 0 Å². The highest BCUT2D eigenvalue weighted by Crippen LogP contribution is 2.52. The molecule has 1 aromatic heterocycles. The summed E-state index contributed by atoms with van der Waals surface area (Å²) in [6, 6.07) is 21.9. The van der Waals surface area contributed by atoms with E-state index in [1.54, 1.807) is 6.07 Å². The Hall–Kier alpha value is -3.73. The smallest absolute Gasteiger partial charge is 0.395 e. The number of pyridine rings is 1. The average molecular weight is 522 g/mol. The molecule has 1 fully saturated rings. The Morgan fingerprint density at radius 3 is 2.62 bits per heavy atom. The van der Waals surface area contributed by atoms with Crippen molar-refractivity contribution in [3.05, 3.63) is 83.9 Å². The Balaban J connectivity index is 1.32. The average Bonchev–Trinajstić information content (AvgIpc) is 3.64. The molecular weight excluding hydrogens is 500 g/mol. The summed E-state index contributed by atoms with van der Waals surface area (Å²) in [7, 11) is 0. The Kier molecular flexibility index (Phi) is 5.74. The fourth-order valence-corrected chi connectivity index (χ4v) is 4.91. The number of nitrogens with one attached hydrogen (secondary N) is 2. The lowest BCUT2D eigenvalue weighted by molar-refractivity contribution is -0.286.